The molecule has 1 aromatic heterocycles. The van der Waals surface area contributed by atoms with Gasteiger partial charge in [0.25, 0.3) is 0 Å². The lowest BCUT2D eigenvalue weighted by Gasteiger charge is -2.08. The van der Waals surface area contributed by atoms with Gasteiger partial charge in [0.1, 0.15) is 6.10 Å². The molecule has 0 aromatic carbocycles. The molecule has 0 radical (unpaired) electrons. The molecule has 0 amide bonds. The summed E-state index contributed by atoms with van der Waals surface area (Å²) in [4.78, 5) is 0. The first-order valence-corrected chi connectivity index (χ1v) is 4.82. The fraction of sp³-hybridized carbons (Fsp3) is 0.600. The molecule has 5 nitrogen and oxygen atoms in total. The summed E-state index contributed by atoms with van der Waals surface area (Å²) >= 11 is 0. The van der Waals surface area contributed by atoms with E-state index >= 15 is 0 Å². The van der Waals surface area contributed by atoms with E-state index in [1.54, 1.807) is 16.9 Å². The average Bonchev–Trinajstić information content (AvgIpc) is 2.63. The van der Waals surface area contributed by atoms with Crippen LogP contribution < -0.4 is 0 Å². The monoisotopic (exact) mass is 209 g/mol. The molecule has 1 rings (SSSR count). The molecule has 2 unspecified atom stereocenters. The van der Waals surface area contributed by atoms with Crippen molar-refractivity contribution in [2.24, 2.45) is 5.92 Å². The van der Waals surface area contributed by atoms with Gasteiger partial charge in [-0.1, -0.05) is 13.8 Å². The van der Waals surface area contributed by atoms with Crippen LogP contribution >= 0.6 is 0 Å². The minimum Gasteiger partial charge on any atom is -0.384 e. The van der Waals surface area contributed by atoms with E-state index < -0.39 is 12.2 Å². The van der Waals surface area contributed by atoms with Gasteiger partial charge < -0.3 is 10.2 Å². The van der Waals surface area contributed by atoms with Crippen LogP contribution in [-0.2, 0) is 6.54 Å². The maximum atomic E-state index is 9.51. The summed E-state index contributed by atoms with van der Waals surface area (Å²) in [5, 5.41) is 31.1. The summed E-state index contributed by atoms with van der Waals surface area (Å²) in [6.07, 6.45) is 0.524. The Morgan fingerprint density at radius 1 is 1.53 bits per heavy atom. The molecule has 2 atom stereocenters. The Morgan fingerprint density at radius 2 is 2.20 bits per heavy atom. The van der Waals surface area contributed by atoms with Gasteiger partial charge in [-0.15, -0.1) is 0 Å². The van der Waals surface area contributed by atoms with E-state index in [1.165, 1.54) is 6.20 Å². The maximum Gasteiger partial charge on any atom is 0.170 e. The van der Waals surface area contributed by atoms with Crippen molar-refractivity contribution >= 4 is 0 Å². The van der Waals surface area contributed by atoms with Gasteiger partial charge in [0.2, 0.25) is 0 Å². The highest BCUT2D eigenvalue weighted by Gasteiger charge is 2.19. The molecular formula is C10H15N3O2. The predicted octanol–water partition coefficient (Wildman–Crippen LogP) is 0.457. The third kappa shape index (κ3) is 3.05. The Kier molecular flexibility index (Phi) is 3.83. The number of aliphatic hydroxyl groups is 2. The van der Waals surface area contributed by atoms with Crippen molar-refractivity contribution in [1.82, 2.24) is 9.78 Å². The summed E-state index contributed by atoms with van der Waals surface area (Å²) in [6.45, 7) is 4.86. The molecule has 0 saturated carbocycles. The van der Waals surface area contributed by atoms with Gasteiger partial charge in [0.05, 0.1) is 12.3 Å². The van der Waals surface area contributed by atoms with E-state index in [2.05, 4.69) is 18.9 Å². The molecule has 0 aliphatic rings. The normalized spacial score (nSPS) is 14.9. The van der Waals surface area contributed by atoms with Crippen LogP contribution in [0.4, 0.5) is 0 Å². The fourth-order valence-electron chi connectivity index (χ4n) is 1.26. The number of hydrogen-bond donors (Lipinski definition) is 2. The van der Waals surface area contributed by atoms with E-state index in [-0.39, 0.29) is 0 Å². The summed E-state index contributed by atoms with van der Waals surface area (Å²) in [5.41, 5.74) is 0.463. The SMILES string of the molecule is CC(C)Cn1cc(C(O)C(O)C#N)cn1. The van der Waals surface area contributed by atoms with Crippen molar-refractivity contribution in [3.05, 3.63) is 18.0 Å². The van der Waals surface area contributed by atoms with Gasteiger partial charge in [-0.05, 0) is 5.92 Å². The van der Waals surface area contributed by atoms with E-state index in [4.69, 9.17) is 10.4 Å². The lowest BCUT2D eigenvalue weighted by molar-refractivity contribution is 0.0527. The molecule has 2 N–H and O–H groups in total. The first-order chi connectivity index (χ1) is 7.04. The average molecular weight is 209 g/mol. The van der Waals surface area contributed by atoms with Crippen LogP contribution in [0.25, 0.3) is 0 Å². The first-order valence-electron chi connectivity index (χ1n) is 4.82. The molecule has 0 aliphatic heterocycles. The van der Waals surface area contributed by atoms with Crippen LogP contribution in [0.2, 0.25) is 0 Å². The van der Waals surface area contributed by atoms with Crippen molar-refractivity contribution in [2.45, 2.75) is 32.6 Å². The topological polar surface area (TPSA) is 82.1 Å². The molecular weight excluding hydrogens is 194 g/mol. The van der Waals surface area contributed by atoms with Crippen LogP contribution in [0.5, 0.6) is 0 Å². The second kappa shape index (κ2) is 4.91. The predicted molar refractivity (Wildman–Crippen MR) is 53.6 cm³/mol. The zero-order chi connectivity index (χ0) is 11.4. The Hall–Kier alpha value is -1.38. The van der Waals surface area contributed by atoms with Gasteiger partial charge >= 0.3 is 0 Å². The van der Waals surface area contributed by atoms with Gasteiger partial charge in [-0.2, -0.15) is 10.4 Å². The van der Waals surface area contributed by atoms with Crippen molar-refractivity contribution in [1.29, 1.82) is 5.26 Å². The lowest BCUT2D eigenvalue weighted by Crippen LogP contribution is -2.15. The van der Waals surface area contributed by atoms with Crippen LogP contribution in [-0.4, -0.2) is 26.1 Å². The number of rotatable bonds is 4. The standard InChI is InChI=1S/C10H15N3O2/c1-7(2)5-13-6-8(4-12-13)10(15)9(14)3-11/h4,6-7,9-10,14-15H,5H2,1-2H3. The Labute approximate surface area is 88.6 Å². The lowest BCUT2D eigenvalue weighted by atomic mass is 10.1. The van der Waals surface area contributed by atoms with E-state index in [9.17, 15) is 5.11 Å². The summed E-state index contributed by atoms with van der Waals surface area (Å²) in [7, 11) is 0. The second-order valence-electron chi connectivity index (χ2n) is 3.91. The summed E-state index contributed by atoms with van der Waals surface area (Å²) in [6, 6.07) is 1.58. The third-order valence-corrected chi connectivity index (χ3v) is 1.98. The highest BCUT2D eigenvalue weighted by atomic mass is 16.3. The highest BCUT2D eigenvalue weighted by molar-refractivity contribution is 5.12. The quantitative estimate of drug-likeness (QED) is 0.706. The van der Waals surface area contributed by atoms with E-state index in [1.807, 2.05) is 0 Å². The zero-order valence-electron chi connectivity index (χ0n) is 8.83. The molecule has 1 aromatic rings. The molecule has 0 aliphatic carbocycles. The molecule has 0 spiro atoms. The minimum atomic E-state index is -1.40. The number of aromatic nitrogens is 2. The van der Waals surface area contributed by atoms with Gasteiger partial charge in [0.15, 0.2) is 6.10 Å². The van der Waals surface area contributed by atoms with Gasteiger partial charge in [-0.25, -0.2) is 0 Å². The van der Waals surface area contributed by atoms with Crippen LogP contribution in [0, 0.1) is 17.2 Å². The van der Waals surface area contributed by atoms with Gasteiger partial charge in [0, 0.05) is 18.3 Å². The highest BCUT2D eigenvalue weighted by Crippen LogP contribution is 2.15. The molecule has 15 heavy (non-hydrogen) atoms. The first kappa shape index (κ1) is 11.7. The van der Waals surface area contributed by atoms with Crippen molar-refractivity contribution < 1.29 is 10.2 Å². The summed E-state index contributed by atoms with van der Waals surface area (Å²) < 4.78 is 1.69. The molecule has 1 heterocycles. The van der Waals surface area contributed by atoms with Crippen molar-refractivity contribution in [2.75, 3.05) is 0 Å². The van der Waals surface area contributed by atoms with Crippen molar-refractivity contribution in [3.8, 4) is 6.07 Å². The largest absolute Gasteiger partial charge is 0.384 e. The number of aliphatic hydroxyl groups excluding tert-OH is 2. The number of nitriles is 1. The van der Waals surface area contributed by atoms with Crippen molar-refractivity contribution in [3.63, 3.8) is 0 Å². The number of hydrogen-bond acceptors (Lipinski definition) is 4. The number of nitrogens with zero attached hydrogens (tertiary/aromatic N) is 3. The Balaban J connectivity index is 2.72. The smallest absolute Gasteiger partial charge is 0.170 e. The summed E-state index contributed by atoms with van der Waals surface area (Å²) in [5.74, 6) is 0.454. The third-order valence-electron chi connectivity index (χ3n) is 1.98. The second-order valence-corrected chi connectivity index (χ2v) is 3.91. The Morgan fingerprint density at radius 3 is 2.73 bits per heavy atom. The Bertz CT molecular complexity index is 354. The molecule has 0 fully saturated rings. The molecule has 5 heteroatoms. The van der Waals surface area contributed by atoms with Crippen LogP contribution in [0.15, 0.2) is 12.4 Å². The minimum absolute atomic E-state index is 0.454. The van der Waals surface area contributed by atoms with Gasteiger partial charge in [-0.3, -0.25) is 4.68 Å². The fourth-order valence-corrected chi connectivity index (χ4v) is 1.26. The van der Waals surface area contributed by atoms with Crippen LogP contribution in [0.3, 0.4) is 0 Å². The van der Waals surface area contributed by atoms with E-state index in [0.29, 0.717) is 11.5 Å². The zero-order valence-corrected chi connectivity index (χ0v) is 8.83. The molecule has 0 saturated heterocycles. The van der Waals surface area contributed by atoms with Crippen LogP contribution in [0.1, 0.15) is 25.5 Å². The molecule has 0 bridgehead atoms. The molecule has 82 valence electrons. The maximum absolute atomic E-state index is 9.51. The van der Waals surface area contributed by atoms with E-state index in [0.717, 1.165) is 6.54 Å².